The second-order valence-electron chi connectivity index (χ2n) is 6.44. The van der Waals surface area contributed by atoms with E-state index >= 15 is 0 Å². The van der Waals surface area contributed by atoms with Crippen molar-refractivity contribution in [3.05, 3.63) is 29.5 Å². The Morgan fingerprint density at radius 3 is 2.36 bits per heavy atom. The summed E-state index contributed by atoms with van der Waals surface area (Å²) in [5.74, 6) is -0.697. The van der Waals surface area contributed by atoms with Crippen LogP contribution in [-0.2, 0) is 22.0 Å². The third kappa shape index (κ3) is 2.71. The minimum atomic E-state index is -0.472. The molecule has 0 aliphatic rings. The van der Waals surface area contributed by atoms with E-state index in [4.69, 9.17) is 4.74 Å². The summed E-state index contributed by atoms with van der Waals surface area (Å²) in [7, 11) is 3.13. The van der Waals surface area contributed by atoms with Crippen LogP contribution < -0.4 is 5.32 Å². The summed E-state index contributed by atoms with van der Waals surface area (Å²) < 4.78 is 6.62. The van der Waals surface area contributed by atoms with E-state index in [-0.39, 0.29) is 11.3 Å². The first kappa shape index (κ1) is 16.1. The Bertz CT molecular complexity index is 751. The zero-order valence-electron chi connectivity index (χ0n) is 13.9. The fraction of sp³-hybridized carbons (Fsp3) is 0.412. The quantitative estimate of drug-likeness (QED) is 0.866. The molecule has 1 heterocycles. The molecule has 0 atom stereocenters. The van der Waals surface area contributed by atoms with Gasteiger partial charge < -0.3 is 14.6 Å². The monoisotopic (exact) mass is 302 g/mol. The molecule has 1 N–H and O–H groups in total. The molecule has 1 aromatic carbocycles. The van der Waals surface area contributed by atoms with Crippen molar-refractivity contribution in [2.24, 2.45) is 7.05 Å². The molecule has 0 aliphatic carbocycles. The topological polar surface area (TPSA) is 60.3 Å². The Morgan fingerprint density at radius 1 is 1.23 bits per heavy atom. The molecule has 0 radical (unpaired) electrons. The van der Waals surface area contributed by atoms with Crippen LogP contribution in [0.5, 0.6) is 0 Å². The summed E-state index contributed by atoms with van der Waals surface area (Å²) in [6.45, 7) is 7.82. The lowest BCUT2D eigenvalue weighted by Crippen LogP contribution is -2.13. The highest BCUT2D eigenvalue weighted by Crippen LogP contribution is 2.34. The van der Waals surface area contributed by atoms with Crippen LogP contribution in [0.3, 0.4) is 0 Å². The number of methoxy groups -OCH3 is 1. The van der Waals surface area contributed by atoms with Gasteiger partial charge in [0, 0.05) is 19.4 Å². The molecule has 1 aromatic heterocycles. The van der Waals surface area contributed by atoms with Crippen LogP contribution in [-0.4, -0.2) is 23.6 Å². The van der Waals surface area contributed by atoms with Gasteiger partial charge in [-0.2, -0.15) is 0 Å². The highest BCUT2D eigenvalue weighted by atomic mass is 16.5. The van der Waals surface area contributed by atoms with E-state index in [9.17, 15) is 9.59 Å². The molecule has 5 nitrogen and oxygen atoms in total. The Balaban J connectivity index is 2.79. The molecule has 5 heteroatoms. The van der Waals surface area contributed by atoms with Crippen LogP contribution in [0.4, 0.5) is 5.69 Å². The number of esters is 1. The van der Waals surface area contributed by atoms with Crippen molar-refractivity contribution in [3.8, 4) is 0 Å². The number of rotatable bonds is 2. The molecule has 0 unspecified atom stereocenters. The third-order valence-corrected chi connectivity index (χ3v) is 3.75. The summed E-state index contributed by atoms with van der Waals surface area (Å²) in [6, 6.07) is 6.01. The van der Waals surface area contributed by atoms with Crippen molar-refractivity contribution in [3.63, 3.8) is 0 Å². The number of aromatic nitrogens is 1. The van der Waals surface area contributed by atoms with E-state index in [1.807, 2.05) is 18.2 Å². The average molecular weight is 302 g/mol. The van der Waals surface area contributed by atoms with Crippen molar-refractivity contribution in [1.82, 2.24) is 4.57 Å². The van der Waals surface area contributed by atoms with Crippen LogP contribution in [0.25, 0.3) is 10.9 Å². The molecule has 22 heavy (non-hydrogen) atoms. The zero-order chi connectivity index (χ0) is 16.7. The van der Waals surface area contributed by atoms with Gasteiger partial charge >= 0.3 is 5.97 Å². The van der Waals surface area contributed by atoms with Crippen molar-refractivity contribution >= 4 is 28.5 Å². The Hall–Kier alpha value is -2.30. The van der Waals surface area contributed by atoms with E-state index < -0.39 is 5.97 Å². The van der Waals surface area contributed by atoms with E-state index in [1.54, 1.807) is 11.6 Å². The molecule has 0 bridgehead atoms. The van der Waals surface area contributed by atoms with E-state index in [2.05, 4.69) is 26.1 Å². The highest BCUT2D eigenvalue weighted by Gasteiger charge is 2.24. The first-order valence-electron chi connectivity index (χ1n) is 7.15. The van der Waals surface area contributed by atoms with E-state index in [0.717, 1.165) is 16.5 Å². The predicted octanol–water partition coefficient (Wildman–Crippen LogP) is 3.22. The number of anilines is 1. The molecule has 2 rings (SSSR count). The highest BCUT2D eigenvalue weighted by molar-refractivity contribution is 6.11. The SMILES string of the molecule is COC(=O)c1c(NC(C)=O)c2ccc(C(C)(C)C)cc2n1C. The number of hydrogen-bond donors (Lipinski definition) is 1. The predicted molar refractivity (Wildman–Crippen MR) is 87.3 cm³/mol. The van der Waals surface area contributed by atoms with Gasteiger partial charge in [-0.25, -0.2) is 4.79 Å². The van der Waals surface area contributed by atoms with Crippen LogP contribution in [0.1, 0.15) is 43.7 Å². The van der Waals surface area contributed by atoms with Gasteiger partial charge in [-0.3, -0.25) is 4.79 Å². The number of carbonyl (C=O) groups excluding carboxylic acids is 2. The second kappa shape index (κ2) is 5.48. The molecule has 0 aliphatic heterocycles. The fourth-order valence-electron chi connectivity index (χ4n) is 2.54. The largest absolute Gasteiger partial charge is 0.464 e. The lowest BCUT2D eigenvalue weighted by atomic mass is 9.86. The van der Waals surface area contributed by atoms with Crippen molar-refractivity contribution in [2.75, 3.05) is 12.4 Å². The van der Waals surface area contributed by atoms with E-state index in [0.29, 0.717) is 11.4 Å². The third-order valence-electron chi connectivity index (χ3n) is 3.75. The summed E-state index contributed by atoms with van der Waals surface area (Å²) >= 11 is 0. The van der Waals surface area contributed by atoms with Gasteiger partial charge in [0.15, 0.2) is 5.69 Å². The molecule has 0 fully saturated rings. The normalized spacial score (nSPS) is 11.5. The van der Waals surface area contributed by atoms with Crippen LogP contribution in [0.2, 0.25) is 0 Å². The first-order valence-corrected chi connectivity index (χ1v) is 7.15. The standard InChI is InChI=1S/C17H22N2O3/c1-10(20)18-14-12-8-7-11(17(2,3)4)9-13(12)19(5)15(14)16(21)22-6/h7-9H,1-6H3,(H,18,20). The number of nitrogens with zero attached hydrogens (tertiary/aromatic N) is 1. The number of ether oxygens (including phenoxy) is 1. The van der Waals surface area contributed by atoms with Gasteiger partial charge in [0.05, 0.1) is 18.3 Å². The Kier molecular flexibility index (Phi) is 4.00. The Morgan fingerprint density at radius 2 is 1.86 bits per heavy atom. The summed E-state index contributed by atoms with van der Waals surface area (Å²) in [5.41, 5.74) is 2.89. The number of nitrogens with one attached hydrogen (secondary N) is 1. The smallest absolute Gasteiger partial charge is 0.356 e. The summed E-state index contributed by atoms with van der Waals surface area (Å²) in [6.07, 6.45) is 0. The zero-order valence-corrected chi connectivity index (χ0v) is 13.9. The number of carbonyl (C=O) groups is 2. The Labute approximate surface area is 130 Å². The van der Waals surface area contributed by atoms with Gasteiger partial charge in [-0.05, 0) is 17.0 Å². The fourth-order valence-corrected chi connectivity index (χ4v) is 2.54. The van der Waals surface area contributed by atoms with Gasteiger partial charge in [0.25, 0.3) is 0 Å². The maximum Gasteiger partial charge on any atom is 0.356 e. The number of aryl methyl sites for hydroxylation is 1. The van der Waals surface area contributed by atoms with Crippen LogP contribution in [0.15, 0.2) is 18.2 Å². The molecule has 2 aromatic rings. The molecule has 0 saturated carbocycles. The average Bonchev–Trinajstić information content (AvgIpc) is 2.69. The molecule has 1 amide bonds. The number of amides is 1. The van der Waals surface area contributed by atoms with Crippen LogP contribution in [0, 0.1) is 0 Å². The molecular weight excluding hydrogens is 280 g/mol. The molecular formula is C17H22N2O3. The number of fused-ring (bicyclic) bond motifs is 1. The number of hydrogen-bond acceptors (Lipinski definition) is 3. The van der Waals surface area contributed by atoms with Crippen molar-refractivity contribution in [1.29, 1.82) is 0 Å². The maximum absolute atomic E-state index is 12.1. The van der Waals surface area contributed by atoms with Gasteiger partial charge in [-0.1, -0.05) is 32.9 Å². The summed E-state index contributed by atoms with van der Waals surface area (Å²) in [5, 5.41) is 3.58. The molecule has 0 spiro atoms. The lowest BCUT2D eigenvalue weighted by Gasteiger charge is -2.19. The number of benzene rings is 1. The molecule has 0 saturated heterocycles. The second-order valence-corrected chi connectivity index (χ2v) is 6.44. The molecule has 118 valence electrons. The van der Waals surface area contributed by atoms with Crippen molar-refractivity contribution in [2.45, 2.75) is 33.1 Å². The lowest BCUT2D eigenvalue weighted by molar-refractivity contribution is -0.114. The van der Waals surface area contributed by atoms with Gasteiger partial charge in [0.2, 0.25) is 5.91 Å². The van der Waals surface area contributed by atoms with Crippen molar-refractivity contribution < 1.29 is 14.3 Å². The minimum absolute atomic E-state index is 0.00193. The maximum atomic E-state index is 12.1. The van der Waals surface area contributed by atoms with E-state index in [1.165, 1.54) is 14.0 Å². The first-order chi connectivity index (χ1) is 10.2. The van der Waals surface area contributed by atoms with Gasteiger partial charge in [0.1, 0.15) is 0 Å². The van der Waals surface area contributed by atoms with Crippen LogP contribution >= 0.6 is 0 Å². The summed E-state index contributed by atoms with van der Waals surface area (Å²) in [4.78, 5) is 23.6. The van der Waals surface area contributed by atoms with Gasteiger partial charge in [-0.15, -0.1) is 0 Å². The minimum Gasteiger partial charge on any atom is -0.464 e.